The van der Waals surface area contributed by atoms with Gasteiger partial charge in [0.1, 0.15) is 5.75 Å². The van der Waals surface area contributed by atoms with Crippen molar-refractivity contribution in [3.63, 3.8) is 0 Å². The number of phenols is 1. The van der Waals surface area contributed by atoms with E-state index in [-0.39, 0.29) is 11.7 Å². The second kappa shape index (κ2) is 5.52. The van der Waals surface area contributed by atoms with Crippen LogP contribution in [-0.4, -0.2) is 27.9 Å². The van der Waals surface area contributed by atoms with Crippen LogP contribution in [0.3, 0.4) is 0 Å². The molecule has 0 unspecified atom stereocenters. The largest absolute Gasteiger partial charge is 0.508 e. The van der Waals surface area contributed by atoms with Gasteiger partial charge >= 0.3 is 0 Å². The van der Waals surface area contributed by atoms with Gasteiger partial charge in [0, 0.05) is 18.3 Å². The molecule has 4 nitrogen and oxygen atoms in total. The van der Waals surface area contributed by atoms with Gasteiger partial charge in [0.25, 0.3) is 5.91 Å². The molecule has 1 amide bonds. The Kier molecular flexibility index (Phi) is 3.80. The molecule has 2 rings (SSSR count). The lowest BCUT2D eigenvalue weighted by molar-refractivity contribution is 0.0783. The zero-order chi connectivity index (χ0) is 13.8. The Morgan fingerprint density at radius 3 is 2.53 bits per heavy atom. The molecule has 0 saturated heterocycles. The predicted octanol–water partition coefficient (Wildman–Crippen LogP) is 2.37. The molecule has 2 aromatic rings. The molecular formula is C15H16N2O2. The Morgan fingerprint density at radius 2 is 1.89 bits per heavy atom. The first-order valence-electron chi connectivity index (χ1n) is 6.03. The lowest BCUT2D eigenvalue weighted by Gasteiger charge is -2.17. The van der Waals surface area contributed by atoms with E-state index in [4.69, 9.17) is 0 Å². The fraction of sp³-hybridized carbons (Fsp3) is 0.200. The van der Waals surface area contributed by atoms with Crippen LogP contribution >= 0.6 is 0 Å². The summed E-state index contributed by atoms with van der Waals surface area (Å²) in [6.45, 7) is 2.38. The topological polar surface area (TPSA) is 53.4 Å². The van der Waals surface area contributed by atoms with E-state index in [2.05, 4.69) is 4.98 Å². The molecule has 0 saturated carbocycles. The van der Waals surface area contributed by atoms with Crippen molar-refractivity contribution in [2.45, 2.75) is 13.5 Å². The fourth-order valence-corrected chi connectivity index (χ4v) is 1.83. The van der Waals surface area contributed by atoms with Crippen LogP contribution in [0.2, 0.25) is 0 Å². The van der Waals surface area contributed by atoms with Gasteiger partial charge in [-0.05, 0) is 43.3 Å². The van der Waals surface area contributed by atoms with Crippen molar-refractivity contribution in [2.75, 3.05) is 7.05 Å². The van der Waals surface area contributed by atoms with Gasteiger partial charge in [0.05, 0.1) is 12.2 Å². The van der Waals surface area contributed by atoms with Crippen LogP contribution in [0.5, 0.6) is 5.75 Å². The van der Waals surface area contributed by atoms with E-state index in [1.54, 1.807) is 24.1 Å². The number of carbonyl (C=O) groups is 1. The Bertz CT molecular complexity index is 579. The summed E-state index contributed by atoms with van der Waals surface area (Å²) < 4.78 is 0. The number of aryl methyl sites for hydroxylation is 1. The van der Waals surface area contributed by atoms with Crippen LogP contribution in [-0.2, 0) is 6.54 Å². The van der Waals surface area contributed by atoms with Gasteiger partial charge in [-0.15, -0.1) is 0 Å². The molecule has 0 aliphatic rings. The molecule has 0 bridgehead atoms. The summed E-state index contributed by atoms with van der Waals surface area (Å²) in [7, 11) is 1.74. The van der Waals surface area contributed by atoms with Crippen LogP contribution in [0, 0.1) is 6.92 Å². The number of hydrogen-bond acceptors (Lipinski definition) is 3. The van der Waals surface area contributed by atoms with E-state index in [0.717, 1.165) is 11.4 Å². The van der Waals surface area contributed by atoms with Crippen LogP contribution in [0.4, 0.5) is 0 Å². The summed E-state index contributed by atoms with van der Waals surface area (Å²) in [5.41, 5.74) is 2.34. The molecule has 0 fully saturated rings. The van der Waals surface area contributed by atoms with Crippen LogP contribution in [0.15, 0.2) is 42.5 Å². The molecular weight excluding hydrogens is 240 g/mol. The number of phenolic OH excluding ortho intramolecular Hbond substituents is 1. The number of aromatic hydroxyl groups is 1. The minimum absolute atomic E-state index is 0.0942. The van der Waals surface area contributed by atoms with Crippen molar-refractivity contribution in [1.29, 1.82) is 0 Å². The van der Waals surface area contributed by atoms with Crippen LogP contribution in [0.1, 0.15) is 21.7 Å². The quantitative estimate of drug-likeness (QED) is 0.917. The summed E-state index contributed by atoms with van der Waals surface area (Å²) in [5.74, 6) is 0.0582. The van der Waals surface area contributed by atoms with Crippen molar-refractivity contribution < 1.29 is 9.90 Å². The monoisotopic (exact) mass is 256 g/mol. The van der Waals surface area contributed by atoms with Crippen molar-refractivity contribution in [3.05, 3.63) is 59.4 Å². The maximum atomic E-state index is 12.2. The van der Waals surface area contributed by atoms with Gasteiger partial charge in [-0.1, -0.05) is 6.07 Å². The molecule has 0 spiro atoms. The number of pyridine rings is 1. The van der Waals surface area contributed by atoms with E-state index in [9.17, 15) is 9.90 Å². The number of amides is 1. The van der Waals surface area contributed by atoms with Crippen molar-refractivity contribution in [3.8, 4) is 5.75 Å². The molecule has 1 aromatic heterocycles. The number of benzene rings is 1. The van der Waals surface area contributed by atoms with Gasteiger partial charge in [-0.3, -0.25) is 9.78 Å². The molecule has 0 radical (unpaired) electrons. The minimum atomic E-state index is -0.0942. The molecule has 1 aromatic carbocycles. The van der Waals surface area contributed by atoms with Gasteiger partial charge in [0.15, 0.2) is 0 Å². The van der Waals surface area contributed by atoms with Crippen molar-refractivity contribution >= 4 is 5.91 Å². The number of hydrogen-bond donors (Lipinski definition) is 1. The van der Waals surface area contributed by atoms with Gasteiger partial charge in [0.2, 0.25) is 0 Å². The summed E-state index contributed by atoms with van der Waals surface area (Å²) in [5, 5.41) is 9.21. The highest BCUT2D eigenvalue weighted by atomic mass is 16.3. The number of carbonyl (C=O) groups excluding carboxylic acids is 1. The fourth-order valence-electron chi connectivity index (χ4n) is 1.83. The number of nitrogens with zero attached hydrogens (tertiary/aromatic N) is 2. The molecule has 0 aliphatic heterocycles. The Hall–Kier alpha value is -2.36. The second-order valence-electron chi connectivity index (χ2n) is 4.48. The molecule has 98 valence electrons. The average molecular weight is 256 g/mol. The van der Waals surface area contributed by atoms with Crippen molar-refractivity contribution in [1.82, 2.24) is 9.88 Å². The lowest BCUT2D eigenvalue weighted by Crippen LogP contribution is -2.26. The van der Waals surface area contributed by atoms with E-state index in [0.29, 0.717) is 12.1 Å². The third-order valence-electron chi connectivity index (χ3n) is 2.81. The highest BCUT2D eigenvalue weighted by molar-refractivity contribution is 5.94. The average Bonchev–Trinajstić information content (AvgIpc) is 2.39. The molecule has 0 atom stereocenters. The summed E-state index contributed by atoms with van der Waals surface area (Å²) in [4.78, 5) is 18.1. The lowest BCUT2D eigenvalue weighted by atomic mass is 10.2. The standard InChI is InChI=1S/C15H16N2O2/c1-11-4-3-5-13(16-11)10-17(2)15(19)12-6-8-14(18)9-7-12/h3-9,18H,10H2,1-2H3. The predicted molar refractivity (Wildman–Crippen MR) is 72.9 cm³/mol. The zero-order valence-electron chi connectivity index (χ0n) is 11.0. The van der Waals surface area contributed by atoms with Gasteiger partial charge in [-0.2, -0.15) is 0 Å². The minimum Gasteiger partial charge on any atom is -0.508 e. The SMILES string of the molecule is Cc1cccc(CN(C)C(=O)c2ccc(O)cc2)n1. The Balaban J connectivity index is 2.09. The Labute approximate surface area is 112 Å². The smallest absolute Gasteiger partial charge is 0.253 e. The van der Waals surface area contributed by atoms with E-state index in [1.807, 2.05) is 25.1 Å². The third-order valence-corrected chi connectivity index (χ3v) is 2.81. The number of aromatic nitrogens is 1. The highest BCUT2D eigenvalue weighted by Gasteiger charge is 2.12. The van der Waals surface area contributed by atoms with Gasteiger partial charge < -0.3 is 10.0 Å². The molecule has 0 aliphatic carbocycles. The first-order valence-corrected chi connectivity index (χ1v) is 6.03. The first kappa shape index (κ1) is 13.1. The molecule has 19 heavy (non-hydrogen) atoms. The summed E-state index contributed by atoms with van der Waals surface area (Å²) >= 11 is 0. The number of rotatable bonds is 3. The van der Waals surface area contributed by atoms with E-state index < -0.39 is 0 Å². The summed E-state index contributed by atoms with van der Waals surface area (Å²) in [6.07, 6.45) is 0. The van der Waals surface area contributed by atoms with E-state index >= 15 is 0 Å². The van der Waals surface area contributed by atoms with Crippen molar-refractivity contribution in [2.24, 2.45) is 0 Å². The third kappa shape index (κ3) is 3.31. The zero-order valence-corrected chi connectivity index (χ0v) is 11.0. The van der Waals surface area contributed by atoms with E-state index in [1.165, 1.54) is 12.1 Å². The normalized spacial score (nSPS) is 10.2. The highest BCUT2D eigenvalue weighted by Crippen LogP contribution is 2.12. The first-order chi connectivity index (χ1) is 9.06. The molecule has 1 heterocycles. The van der Waals surface area contributed by atoms with Crippen LogP contribution in [0.25, 0.3) is 0 Å². The molecule has 4 heteroatoms. The second-order valence-corrected chi connectivity index (χ2v) is 4.48. The van der Waals surface area contributed by atoms with Gasteiger partial charge in [-0.25, -0.2) is 0 Å². The maximum Gasteiger partial charge on any atom is 0.253 e. The maximum absolute atomic E-state index is 12.2. The Morgan fingerprint density at radius 1 is 1.21 bits per heavy atom. The molecule has 1 N–H and O–H groups in total. The summed E-state index contributed by atoms with van der Waals surface area (Å²) in [6, 6.07) is 12.0. The van der Waals surface area contributed by atoms with Crippen LogP contribution < -0.4 is 0 Å².